The number of nitrogens with zero attached hydrogens (tertiary/aromatic N) is 1. The summed E-state index contributed by atoms with van der Waals surface area (Å²) in [7, 11) is 1.65. The fourth-order valence-electron chi connectivity index (χ4n) is 3.54. The zero-order chi connectivity index (χ0) is 21.2. The number of carbonyl (C=O) groups is 1. The van der Waals surface area contributed by atoms with Gasteiger partial charge in [-0.3, -0.25) is 0 Å². The summed E-state index contributed by atoms with van der Waals surface area (Å²) in [5.41, 5.74) is 2.88. The molecule has 0 atom stereocenters. The minimum atomic E-state index is -0.170. The molecule has 0 aliphatic carbocycles. The number of ether oxygens (including phenoxy) is 2. The molecule has 2 N–H and O–H groups in total. The second kappa shape index (κ2) is 11.6. The Morgan fingerprint density at radius 1 is 1.07 bits per heavy atom. The Kier molecular flexibility index (Phi) is 8.53. The van der Waals surface area contributed by atoms with Crippen molar-refractivity contribution >= 4 is 11.7 Å². The van der Waals surface area contributed by atoms with Crippen molar-refractivity contribution in [3.8, 4) is 5.75 Å². The van der Waals surface area contributed by atoms with Gasteiger partial charge >= 0.3 is 6.03 Å². The molecule has 1 fully saturated rings. The summed E-state index contributed by atoms with van der Waals surface area (Å²) < 4.78 is 11.0. The van der Waals surface area contributed by atoms with E-state index in [0.29, 0.717) is 19.8 Å². The van der Waals surface area contributed by atoms with E-state index in [9.17, 15) is 4.79 Å². The number of hydrogen-bond donors (Lipinski definition) is 2. The maximum Gasteiger partial charge on any atom is 0.319 e. The molecular weight excluding hydrogens is 378 g/mol. The number of carbonyl (C=O) groups excluding carboxylic acids is 1. The molecule has 162 valence electrons. The van der Waals surface area contributed by atoms with Crippen LogP contribution in [0, 0.1) is 5.92 Å². The van der Waals surface area contributed by atoms with Gasteiger partial charge in [-0.15, -0.1) is 0 Å². The van der Waals surface area contributed by atoms with Crippen molar-refractivity contribution in [3.05, 3.63) is 59.7 Å². The fraction of sp³-hybridized carbons (Fsp3) is 0.458. The molecule has 1 saturated heterocycles. The summed E-state index contributed by atoms with van der Waals surface area (Å²) in [6, 6.07) is 15.4. The van der Waals surface area contributed by atoms with Gasteiger partial charge in [0.25, 0.3) is 0 Å². The topological polar surface area (TPSA) is 62.8 Å². The molecule has 0 unspecified atom stereocenters. The van der Waals surface area contributed by atoms with Gasteiger partial charge in [-0.2, -0.15) is 0 Å². The average Bonchev–Trinajstić information content (AvgIpc) is 2.76. The van der Waals surface area contributed by atoms with E-state index in [-0.39, 0.29) is 6.03 Å². The van der Waals surface area contributed by atoms with Gasteiger partial charge in [0.15, 0.2) is 0 Å². The van der Waals surface area contributed by atoms with E-state index in [2.05, 4.69) is 22.5 Å². The lowest BCUT2D eigenvalue weighted by atomic mass is 9.99. The first kappa shape index (κ1) is 22.1. The summed E-state index contributed by atoms with van der Waals surface area (Å²) in [5, 5.41) is 5.86. The first-order valence-corrected chi connectivity index (χ1v) is 10.7. The van der Waals surface area contributed by atoms with Crippen LogP contribution in [0.1, 0.15) is 30.9 Å². The number of nitrogens with one attached hydrogen (secondary N) is 2. The highest BCUT2D eigenvalue weighted by molar-refractivity contribution is 5.89. The third-order valence-electron chi connectivity index (χ3n) is 5.47. The molecule has 1 aliphatic heterocycles. The molecule has 2 aromatic rings. The standard InChI is InChI=1S/C24H33N3O3/c1-19-10-13-27(14-11-19)15-12-25-24(28)26-22-5-3-4-21(16-22)18-30-17-20-6-8-23(29-2)9-7-20/h3-9,16,19H,10-15,17-18H2,1-2H3,(H2,25,26,28). The van der Waals surface area contributed by atoms with Gasteiger partial charge in [-0.1, -0.05) is 31.2 Å². The highest BCUT2D eigenvalue weighted by Gasteiger charge is 2.15. The van der Waals surface area contributed by atoms with Crippen molar-refractivity contribution in [1.29, 1.82) is 0 Å². The van der Waals surface area contributed by atoms with E-state index in [1.165, 1.54) is 12.8 Å². The Balaban J connectivity index is 1.37. The zero-order valence-corrected chi connectivity index (χ0v) is 18.0. The molecule has 3 rings (SSSR count). The summed E-state index contributed by atoms with van der Waals surface area (Å²) >= 11 is 0. The lowest BCUT2D eigenvalue weighted by Crippen LogP contribution is -2.40. The van der Waals surface area contributed by atoms with Crippen molar-refractivity contribution in [3.63, 3.8) is 0 Å². The molecule has 6 nitrogen and oxygen atoms in total. The number of methoxy groups -OCH3 is 1. The average molecular weight is 412 g/mol. The summed E-state index contributed by atoms with van der Waals surface area (Å²) in [4.78, 5) is 14.6. The number of benzene rings is 2. The third-order valence-corrected chi connectivity index (χ3v) is 5.47. The van der Waals surface area contributed by atoms with E-state index < -0.39 is 0 Å². The quantitative estimate of drug-likeness (QED) is 0.647. The second-order valence-corrected chi connectivity index (χ2v) is 7.95. The molecule has 1 aliphatic rings. The van der Waals surface area contributed by atoms with E-state index in [1.54, 1.807) is 7.11 Å². The third kappa shape index (κ3) is 7.35. The number of anilines is 1. The lowest BCUT2D eigenvalue weighted by molar-refractivity contribution is 0.107. The number of urea groups is 1. The summed E-state index contributed by atoms with van der Waals surface area (Å²) in [5.74, 6) is 1.66. The maximum absolute atomic E-state index is 12.2. The molecule has 0 saturated carbocycles. The highest BCUT2D eigenvalue weighted by Crippen LogP contribution is 2.16. The minimum Gasteiger partial charge on any atom is -0.497 e. The Morgan fingerprint density at radius 3 is 2.53 bits per heavy atom. The Labute approximate surface area is 179 Å². The van der Waals surface area contributed by atoms with E-state index in [1.807, 2.05) is 48.5 Å². The summed E-state index contributed by atoms with van der Waals surface area (Å²) in [6.07, 6.45) is 2.50. The minimum absolute atomic E-state index is 0.170. The van der Waals surface area contributed by atoms with Crippen LogP contribution in [-0.4, -0.2) is 44.2 Å². The van der Waals surface area contributed by atoms with E-state index >= 15 is 0 Å². The largest absolute Gasteiger partial charge is 0.497 e. The van der Waals surface area contributed by atoms with E-state index in [4.69, 9.17) is 9.47 Å². The number of likely N-dealkylation sites (tertiary alicyclic amines) is 1. The van der Waals surface area contributed by atoms with Crippen LogP contribution in [0.5, 0.6) is 5.75 Å². The molecular formula is C24H33N3O3. The van der Waals surface area contributed by atoms with Gasteiger partial charge in [-0.25, -0.2) is 4.79 Å². The van der Waals surface area contributed by atoms with Gasteiger partial charge < -0.3 is 25.0 Å². The van der Waals surface area contributed by atoms with Crippen molar-refractivity contribution in [2.45, 2.75) is 33.0 Å². The van der Waals surface area contributed by atoms with Crippen LogP contribution in [-0.2, 0) is 18.0 Å². The molecule has 0 radical (unpaired) electrons. The smallest absolute Gasteiger partial charge is 0.319 e. The molecule has 30 heavy (non-hydrogen) atoms. The zero-order valence-electron chi connectivity index (χ0n) is 18.0. The molecule has 2 aromatic carbocycles. The van der Waals surface area contributed by atoms with Crippen molar-refractivity contribution in [2.24, 2.45) is 5.92 Å². The SMILES string of the molecule is COc1ccc(COCc2cccc(NC(=O)NCCN3CCC(C)CC3)c2)cc1. The van der Waals surface area contributed by atoms with Gasteiger partial charge in [0, 0.05) is 18.8 Å². The van der Waals surface area contributed by atoms with Crippen molar-refractivity contribution in [2.75, 3.05) is 38.6 Å². The monoisotopic (exact) mass is 411 g/mol. The molecule has 0 aromatic heterocycles. The van der Waals surface area contributed by atoms with Gasteiger partial charge in [-0.05, 0) is 67.2 Å². The number of piperidine rings is 1. The second-order valence-electron chi connectivity index (χ2n) is 7.95. The Bertz CT molecular complexity index is 787. The van der Waals surface area contributed by atoms with Crippen LogP contribution in [0.25, 0.3) is 0 Å². The van der Waals surface area contributed by atoms with Crippen LogP contribution < -0.4 is 15.4 Å². The predicted molar refractivity (Wildman–Crippen MR) is 120 cm³/mol. The lowest BCUT2D eigenvalue weighted by Gasteiger charge is -2.30. The van der Waals surface area contributed by atoms with Crippen molar-refractivity contribution in [1.82, 2.24) is 10.2 Å². The predicted octanol–water partition coefficient (Wildman–Crippen LogP) is 4.27. The highest BCUT2D eigenvalue weighted by atomic mass is 16.5. The molecule has 1 heterocycles. The van der Waals surface area contributed by atoms with Crippen LogP contribution in [0.15, 0.2) is 48.5 Å². The Hall–Kier alpha value is -2.57. The number of rotatable bonds is 9. The molecule has 6 heteroatoms. The van der Waals surface area contributed by atoms with Crippen LogP contribution >= 0.6 is 0 Å². The van der Waals surface area contributed by atoms with Gasteiger partial charge in [0.2, 0.25) is 0 Å². The van der Waals surface area contributed by atoms with Gasteiger partial charge in [0.05, 0.1) is 20.3 Å². The van der Waals surface area contributed by atoms with Crippen LogP contribution in [0.4, 0.5) is 10.5 Å². The fourth-order valence-corrected chi connectivity index (χ4v) is 3.54. The first-order valence-electron chi connectivity index (χ1n) is 10.7. The Morgan fingerprint density at radius 2 is 1.80 bits per heavy atom. The number of hydrogen-bond acceptors (Lipinski definition) is 4. The summed E-state index contributed by atoms with van der Waals surface area (Å²) in [6.45, 7) is 7.13. The van der Waals surface area contributed by atoms with E-state index in [0.717, 1.165) is 48.1 Å². The molecule has 0 spiro atoms. The normalized spacial score (nSPS) is 15.0. The number of amides is 2. The van der Waals surface area contributed by atoms with Gasteiger partial charge in [0.1, 0.15) is 5.75 Å². The van der Waals surface area contributed by atoms with Crippen LogP contribution in [0.2, 0.25) is 0 Å². The first-order chi connectivity index (χ1) is 14.6. The van der Waals surface area contributed by atoms with Crippen molar-refractivity contribution < 1.29 is 14.3 Å². The van der Waals surface area contributed by atoms with Crippen LogP contribution in [0.3, 0.4) is 0 Å². The molecule has 2 amide bonds. The molecule has 0 bridgehead atoms. The maximum atomic E-state index is 12.2.